The van der Waals surface area contributed by atoms with Gasteiger partial charge in [-0.05, 0) is 36.6 Å². The van der Waals surface area contributed by atoms with Crippen molar-refractivity contribution in [2.45, 2.75) is 45.0 Å². The van der Waals surface area contributed by atoms with Gasteiger partial charge < -0.3 is 10.0 Å². The molecule has 1 heterocycles. The number of benzene rings is 1. The number of nitrogens with one attached hydrogen (secondary N) is 1. The van der Waals surface area contributed by atoms with Crippen molar-refractivity contribution in [2.24, 2.45) is 5.92 Å². The summed E-state index contributed by atoms with van der Waals surface area (Å²) in [6, 6.07) is 4.45. The smallest absolute Gasteiger partial charge is 0.376 e. The molecule has 2 atom stereocenters. The molecule has 8 nitrogen and oxygen atoms in total. The molecule has 14 heteroatoms. The van der Waals surface area contributed by atoms with Crippen LogP contribution in [0.3, 0.4) is 0 Å². The van der Waals surface area contributed by atoms with Gasteiger partial charge in [0.25, 0.3) is 0 Å². The molecule has 0 amide bonds. The van der Waals surface area contributed by atoms with Gasteiger partial charge in [-0.3, -0.25) is 0 Å². The average molecular weight is 596 g/mol. The summed E-state index contributed by atoms with van der Waals surface area (Å²) in [7, 11) is -7.60. The van der Waals surface area contributed by atoms with Gasteiger partial charge in [0, 0.05) is 43.2 Å². The highest BCUT2D eigenvalue weighted by Gasteiger charge is 2.51. The minimum atomic E-state index is -4.88. The van der Waals surface area contributed by atoms with Crippen LogP contribution in [0.5, 0.6) is 0 Å². The summed E-state index contributed by atoms with van der Waals surface area (Å²) in [5.41, 5.74) is -2.94. The lowest BCUT2D eigenvalue weighted by molar-refractivity contribution is -0.258. The molecule has 1 fully saturated rings. The predicted octanol–water partition coefficient (Wildman–Crippen LogP) is 3.07. The van der Waals surface area contributed by atoms with Gasteiger partial charge in [0.15, 0.2) is 5.60 Å². The van der Waals surface area contributed by atoms with Crippen molar-refractivity contribution >= 4 is 42.8 Å². The van der Waals surface area contributed by atoms with E-state index in [-0.39, 0.29) is 53.2 Å². The highest BCUT2D eigenvalue weighted by molar-refractivity contribution is 7.96. The molecular formula is C24H32F3N3O5S3. The van der Waals surface area contributed by atoms with Crippen LogP contribution in [0, 0.1) is 5.92 Å². The lowest BCUT2D eigenvalue weighted by Crippen LogP contribution is -2.58. The summed E-state index contributed by atoms with van der Waals surface area (Å²) in [6.07, 6.45) is 0.264. The Morgan fingerprint density at radius 1 is 1.13 bits per heavy atom. The van der Waals surface area contributed by atoms with Gasteiger partial charge in [-0.2, -0.15) is 17.5 Å². The maximum Gasteiger partial charge on any atom is 0.421 e. The van der Waals surface area contributed by atoms with E-state index in [2.05, 4.69) is 4.72 Å². The number of rotatable bonds is 9. The third kappa shape index (κ3) is 6.83. The number of anilines is 1. The van der Waals surface area contributed by atoms with Crippen LogP contribution >= 0.6 is 12.2 Å². The molecule has 2 N–H and O–H groups in total. The number of aliphatic hydroxyl groups is 1. The fraction of sp³-hybridized carbons (Fsp3) is 0.542. The Bertz CT molecular complexity index is 1310. The highest BCUT2D eigenvalue weighted by Crippen LogP contribution is 2.39. The Morgan fingerprint density at radius 3 is 2.32 bits per heavy atom. The van der Waals surface area contributed by atoms with E-state index in [1.54, 1.807) is 30.9 Å². The first kappa shape index (κ1) is 30.7. The minimum absolute atomic E-state index is 0.0290. The van der Waals surface area contributed by atoms with Gasteiger partial charge in [-0.1, -0.05) is 50.4 Å². The molecule has 0 saturated carbocycles. The van der Waals surface area contributed by atoms with Crippen LogP contribution in [0.25, 0.3) is 0 Å². The Kier molecular flexibility index (Phi) is 9.16. The first-order chi connectivity index (χ1) is 17.5. The van der Waals surface area contributed by atoms with Crippen molar-refractivity contribution in [1.82, 2.24) is 9.03 Å². The van der Waals surface area contributed by atoms with Crippen molar-refractivity contribution in [3.05, 3.63) is 53.0 Å². The van der Waals surface area contributed by atoms with Gasteiger partial charge in [0.05, 0.1) is 16.7 Å². The molecule has 1 aromatic carbocycles. The quantitative estimate of drug-likeness (QED) is 0.423. The summed E-state index contributed by atoms with van der Waals surface area (Å²) in [5, 5.41) is 9.98. The van der Waals surface area contributed by atoms with Gasteiger partial charge in [-0.15, -0.1) is 0 Å². The fourth-order valence-corrected chi connectivity index (χ4v) is 7.83. The zero-order valence-electron chi connectivity index (χ0n) is 21.3. The number of sulfonamides is 2. The molecule has 3 rings (SSSR count). The second-order valence-corrected chi connectivity index (χ2v) is 14.2. The Labute approximate surface area is 227 Å². The lowest BCUT2D eigenvalue weighted by Gasteiger charge is -2.42. The Balaban J connectivity index is 1.90. The standard InChI is InChI=1S/C24H32F3N3O5S3/c1-17(2)16-37(32,33)28-14-20-15-29(38(34,35)22-7-5-4-6-21(22)36)12-13-30(20)19-10-8-18(9-11-19)23(3,31)24(25,26)27/h4-5,7-11,17,20,28,31H,6,12-16H2,1-3H3/t20-,23?/m0/s1. The molecular weight excluding hydrogens is 563 g/mol. The third-order valence-corrected chi connectivity index (χ3v) is 10.6. The number of allylic oxidation sites excluding steroid dienone is 4. The monoisotopic (exact) mass is 595 g/mol. The molecule has 0 bridgehead atoms. The Hall–Kier alpha value is -1.84. The fourth-order valence-electron chi connectivity index (χ4n) is 4.31. The summed E-state index contributed by atoms with van der Waals surface area (Å²) < 4.78 is 95.4. The normalized spacial score (nSPS) is 21.5. The number of halogens is 3. The molecule has 1 saturated heterocycles. The highest BCUT2D eigenvalue weighted by atomic mass is 32.2. The Morgan fingerprint density at radius 2 is 1.76 bits per heavy atom. The lowest BCUT2D eigenvalue weighted by atomic mass is 9.95. The first-order valence-electron chi connectivity index (χ1n) is 12.0. The molecule has 1 aromatic rings. The molecule has 0 spiro atoms. The number of hydrogen-bond acceptors (Lipinski definition) is 7. The summed E-state index contributed by atoms with van der Waals surface area (Å²) in [6.45, 7) is 4.20. The third-order valence-electron chi connectivity index (χ3n) is 6.43. The zero-order valence-corrected chi connectivity index (χ0v) is 23.7. The largest absolute Gasteiger partial charge is 0.421 e. The summed E-state index contributed by atoms with van der Waals surface area (Å²) in [4.78, 5) is 2.07. The van der Waals surface area contributed by atoms with Gasteiger partial charge in [-0.25, -0.2) is 21.6 Å². The number of piperazine rings is 1. The van der Waals surface area contributed by atoms with Crippen LogP contribution in [-0.2, 0) is 25.6 Å². The molecule has 38 heavy (non-hydrogen) atoms. The maximum atomic E-state index is 13.4. The van der Waals surface area contributed by atoms with Crippen LogP contribution < -0.4 is 9.62 Å². The van der Waals surface area contributed by atoms with E-state index >= 15 is 0 Å². The van der Waals surface area contributed by atoms with Crippen molar-refractivity contribution in [2.75, 3.05) is 36.8 Å². The van der Waals surface area contributed by atoms with Crippen molar-refractivity contribution in [3.8, 4) is 0 Å². The van der Waals surface area contributed by atoms with E-state index in [1.807, 2.05) is 0 Å². The average Bonchev–Trinajstić information content (AvgIpc) is 2.81. The van der Waals surface area contributed by atoms with Crippen LogP contribution in [0.1, 0.15) is 32.8 Å². The molecule has 212 valence electrons. The first-order valence-corrected chi connectivity index (χ1v) is 15.5. The van der Waals surface area contributed by atoms with Crippen LogP contribution in [0.15, 0.2) is 47.4 Å². The van der Waals surface area contributed by atoms with Gasteiger partial charge in [0.1, 0.15) is 0 Å². The number of thiocarbonyl (C=S) groups is 1. The van der Waals surface area contributed by atoms with Gasteiger partial charge in [0.2, 0.25) is 20.0 Å². The molecule has 1 aliphatic carbocycles. The van der Waals surface area contributed by atoms with Gasteiger partial charge >= 0.3 is 6.18 Å². The van der Waals surface area contributed by atoms with E-state index in [0.29, 0.717) is 19.0 Å². The number of nitrogens with zero attached hydrogens (tertiary/aromatic N) is 2. The van der Waals surface area contributed by atoms with E-state index in [0.717, 1.165) is 12.1 Å². The number of alkyl halides is 3. The van der Waals surface area contributed by atoms with Crippen LogP contribution in [0.4, 0.5) is 18.9 Å². The summed E-state index contributed by atoms with van der Waals surface area (Å²) in [5.74, 6) is -0.246. The molecule has 2 aliphatic rings. The minimum Gasteiger partial charge on any atom is -0.376 e. The number of hydrogen-bond donors (Lipinski definition) is 2. The van der Waals surface area contributed by atoms with Crippen LogP contribution in [0.2, 0.25) is 0 Å². The van der Waals surface area contributed by atoms with Crippen molar-refractivity contribution in [3.63, 3.8) is 0 Å². The topological polar surface area (TPSA) is 107 Å². The summed E-state index contributed by atoms with van der Waals surface area (Å²) >= 11 is 5.25. The zero-order chi connectivity index (χ0) is 28.5. The molecule has 1 unspecified atom stereocenters. The van der Waals surface area contributed by atoms with E-state index in [1.165, 1.54) is 22.5 Å². The van der Waals surface area contributed by atoms with Crippen molar-refractivity contribution in [1.29, 1.82) is 0 Å². The molecule has 0 radical (unpaired) electrons. The molecule has 0 aromatic heterocycles. The van der Waals surface area contributed by atoms with Crippen molar-refractivity contribution < 1.29 is 35.1 Å². The molecule has 1 aliphatic heterocycles. The van der Waals surface area contributed by atoms with E-state index < -0.39 is 37.9 Å². The predicted molar refractivity (Wildman–Crippen MR) is 145 cm³/mol. The van der Waals surface area contributed by atoms with Crippen LogP contribution in [-0.4, -0.2) is 75.3 Å². The second kappa shape index (κ2) is 11.3. The SMILES string of the molecule is CC(C)CS(=O)(=O)NC[C@H]1CN(S(=O)(=O)C2=CC=CCC2=S)CCN1c1ccc(C(C)(O)C(F)(F)F)cc1. The maximum absolute atomic E-state index is 13.4. The second-order valence-electron chi connectivity index (χ2n) is 9.94. The van der Waals surface area contributed by atoms with E-state index in [9.17, 15) is 35.1 Å². The van der Waals surface area contributed by atoms with E-state index in [4.69, 9.17) is 12.2 Å².